The van der Waals surface area contributed by atoms with Crippen molar-refractivity contribution in [3.05, 3.63) is 122 Å². The molecule has 3 aromatic heterocycles. The molecule has 0 bridgehead atoms. The number of aromatic nitrogens is 4. The third-order valence-corrected chi connectivity index (χ3v) is 6.82. The number of benzene rings is 4. The zero-order valence-corrected chi connectivity index (χ0v) is 21.6. The molecule has 0 radical (unpaired) electrons. The molecule has 7 heteroatoms. The van der Waals surface area contributed by atoms with Crippen LogP contribution in [0.25, 0.3) is 21.9 Å². The Morgan fingerprint density at radius 2 is 0.974 bits per heavy atom. The summed E-state index contributed by atoms with van der Waals surface area (Å²) in [5.41, 5.74) is 5.76. The summed E-state index contributed by atoms with van der Waals surface area (Å²) in [4.78, 5) is 13.6. The minimum atomic E-state index is 0.837. The summed E-state index contributed by atoms with van der Waals surface area (Å²) in [6, 6.07) is 33.2. The van der Waals surface area contributed by atoms with Crippen molar-refractivity contribution in [3.63, 3.8) is 0 Å². The van der Waals surface area contributed by atoms with E-state index in [1.165, 1.54) is 0 Å². The fraction of sp³-hybridized carbons (Fsp3) is 0.0625. The molecule has 0 aliphatic carbocycles. The standard InChI is InChI=1S/C32H26N6O/c1-35-19-31(33-21-35)37(23-9-5-3-6-10-23)25-13-15-29-27(17-25)28-18-26(14-16-30(28)39-29)38(24-11-7-4-8-12-24)32-20-36(2)22-34-32/h3-22H,1-2H3. The maximum absolute atomic E-state index is 6.28. The lowest BCUT2D eigenvalue weighted by Crippen LogP contribution is -2.10. The molecule has 7 nitrogen and oxygen atoms in total. The van der Waals surface area contributed by atoms with Crippen LogP contribution in [0.4, 0.5) is 34.4 Å². The van der Waals surface area contributed by atoms with Crippen molar-refractivity contribution in [2.75, 3.05) is 9.80 Å². The van der Waals surface area contributed by atoms with Crippen molar-refractivity contribution < 1.29 is 4.42 Å². The SMILES string of the molecule is Cn1cnc(N(c2ccccc2)c2ccc3oc4ccc(N(c5ccccc5)c5cn(C)cn5)cc4c3c2)c1. The van der Waals surface area contributed by atoms with Crippen molar-refractivity contribution >= 4 is 56.3 Å². The Hall–Kier alpha value is -5.30. The van der Waals surface area contributed by atoms with Gasteiger partial charge in [0, 0.05) is 60.0 Å². The first-order chi connectivity index (χ1) is 19.1. The second-order valence-electron chi connectivity index (χ2n) is 9.60. The van der Waals surface area contributed by atoms with Crippen LogP contribution in [0.1, 0.15) is 0 Å². The number of hydrogen-bond acceptors (Lipinski definition) is 5. The van der Waals surface area contributed by atoms with Gasteiger partial charge in [-0.25, -0.2) is 9.97 Å². The van der Waals surface area contributed by atoms with Crippen molar-refractivity contribution in [2.24, 2.45) is 14.1 Å². The lowest BCUT2D eigenvalue weighted by molar-refractivity contribution is 0.669. The maximum atomic E-state index is 6.28. The first-order valence-electron chi connectivity index (χ1n) is 12.8. The quantitative estimate of drug-likeness (QED) is 0.227. The van der Waals surface area contributed by atoms with Gasteiger partial charge in [-0.15, -0.1) is 0 Å². The molecule has 4 aromatic carbocycles. The van der Waals surface area contributed by atoms with E-state index in [2.05, 4.69) is 68.3 Å². The van der Waals surface area contributed by atoms with Crippen LogP contribution < -0.4 is 9.80 Å². The van der Waals surface area contributed by atoms with E-state index < -0.39 is 0 Å². The van der Waals surface area contributed by atoms with Gasteiger partial charge in [0.05, 0.1) is 12.7 Å². The van der Waals surface area contributed by atoms with E-state index in [-0.39, 0.29) is 0 Å². The number of hydrogen-bond donors (Lipinski definition) is 0. The van der Waals surface area contributed by atoms with Gasteiger partial charge in [0.2, 0.25) is 0 Å². The van der Waals surface area contributed by atoms with E-state index >= 15 is 0 Å². The van der Waals surface area contributed by atoms with Gasteiger partial charge in [0.1, 0.15) is 11.2 Å². The van der Waals surface area contributed by atoms with E-state index in [4.69, 9.17) is 4.42 Å². The van der Waals surface area contributed by atoms with Crippen LogP contribution in [-0.2, 0) is 14.1 Å². The molecule has 0 spiro atoms. The van der Waals surface area contributed by atoms with Crippen LogP contribution in [0.15, 0.2) is 127 Å². The number of furan rings is 1. The Morgan fingerprint density at radius 1 is 0.538 bits per heavy atom. The van der Waals surface area contributed by atoms with Gasteiger partial charge in [-0.3, -0.25) is 9.80 Å². The maximum Gasteiger partial charge on any atom is 0.155 e. The molecule has 0 aliphatic rings. The monoisotopic (exact) mass is 510 g/mol. The number of imidazole rings is 2. The van der Waals surface area contributed by atoms with Crippen molar-refractivity contribution in [1.82, 2.24) is 19.1 Å². The van der Waals surface area contributed by atoms with Gasteiger partial charge in [-0.05, 0) is 60.7 Å². The molecule has 0 N–H and O–H groups in total. The second-order valence-corrected chi connectivity index (χ2v) is 9.60. The normalized spacial score (nSPS) is 11.3. The van der Waals surface area contributed by atoms with Gasteiger partial charge in [0.15, 0.2) is 11.6 Å². The predicted molar refractivity (Wildman–Crippen MR) is 157 cm³/mol. The molecule has 7 rings (SSSR count). The van der Waals surface area contributed by atoms with Crippen LogP contribution in [-0.4, -0.2) is 19.1 Å². The van der Waals surface area contributed by atoms with Gasteiger partial charge >= 0.3 is 0 Å². The van der Waals surface area contributed by atoms with Crippen molar-refractivity contribution in [2.45, 2.75) is 0 Å². The number of nitrogens with zero attached hydrogens (tertiary/aromatic N) is 6. The lowest BCUT2D eigenvalue weighted by Gasteiger charge is -2.23. The summed E-state index contributed by atoms with van der Waals surface area (Å²) in [6.07, 6.45) is 7.68. The average Bonchev–Trinajstić information content (AvgIpc) is 3.69. The first kappa shape index (κ1) is 22.9. The van der Waals surface area contributed by atoms with E-state index in [0.717, 1.165) is 56.3 Å². The molecule has 0 unspecified atom stereocenters. The molecule has 0 atom stereocenters. The summed E-state index contributed by atoms with van der Waals surface area (Å²) in [7, 11) is 3.96. The van der Waals surface area contributed by atoms with Gasteiger partial charge < -0.3 is 13.6 Å². The van der Waals surface area contributed by atoms with Crippen LogP contribution in [0.3, 0.4) is 0 Å². The number of fused-ring (bicyclic) bond motifs is 3. The first-order valence-corrected chi connectivity index (χ1v) is 12.8. The third-order valence-electron chi connectivity index (χ3n) is 6.82. The topological polar surface area (TPSA) is 55.3 Å². The second kappa shape index (κ2) is 9.22. The predicted octanol–water partition coefficient (Wildman–Crippen LogP) is 7.99. The molecule has 0 saturated carbocycles. The van der Waals surface area contributed by atoms with E-state index in [9.17, 15) is 0 Å². The molecule has 0 fully saturated rings. The highest BCUT2D eigenvalue weighted by Crippen LogP contribution is 2.40. The summed E-state index contributed by atoms with van der Waals surface area (Å²) in [5, 5.41) is 2.07. The molecular weight excluding hydrogens is 484 g/mol. The Morgan fingerprint density at radius 3 is 1.36 bits per heavy atom. The summed E-state index contributed by atoms with van der Waals surface area (Å²) in [6.45, 7) is 0. The highest BCUT2D eigenvalue weighted by Gasteiger charge is 2.19. The summed E-state index contributed by atoms with van der Waals surface area (Å²) < 4.78 is 10.2. The lowest BCUT2D eigenvalue weighted by atomic mass is 10.1. The Kier molecular flexibility index (Phi) is 5.41. The Labute approximate surface area is 225 Å². The highest BCUT2D eigenvalue weighted by atomic mass is 16.3. The van der Waals surface area contributed by atoms with Crippen LogP contribution in [0, 0.1) is 0 Å². The van der Waals surface area contributed by atoms with Crippen molar-refractivity contribution in [1.29, 1.82) is 0 Å². The fourth-order valence-electron chi connectivity index (χ4n) is 5.04. The Balaban J connectivity index is 1.40. The van der Waals surface area contributed by atoms with Crippen LogP contribution in [0.5, 0.6) is 0 Å². The summed E-state index contributed by atoms with van der Waals surface area (Å²) in [5.74, 6) is 1.70. The fourth-order valence-corrected chi connectivity index (χ4v) is 5.04. The third kappa shape index (κ3) is 4.10. The van der Waals surface area contributed by atoms with Gasteiger partial charge in [-0.1, -0.05) is 36.4 Å². The van der Waals surface area contributed by atoms with E-state index in [0.29, 0.717) is 0 Å². The number of para-hydroxylation sites is 2. The Bertz CT molecular complexity index is 1760. The zero-order valence-electron chi connectivity index (χ0n) is 21.6. The van der Waals surface area contributed by atoms with Crippen LogP contribution >= 0.6 is 0 Å². The molecule has 7 aromatic rings. The van der Waals surface area contributed by atoms with E-state index in [1.807, 2.05) is 96.8 Å². The van der Waals surface area contributed by atoms with Crippen LogP contribution in [0.2, 0.25) is 0 Å². The minimum absolute atomic E-state index is 0.837. The number of anilines is 6. The van der Waals surface area contributed by atoms with E-state index in [1.54, 1.807) is 0 Å². The highest BCUT2D eigenvalue weighted by molar-refractivity contribution is 6.08. The number of aryl methyl sites for hydroxylation is 2. The molecule has 39 heavy (non-hydrogen) atoms. The molecule has 0 saturated heterocycles. The smallest absolute Gasteiger partial charge is 0.155 e. The van der Waals surface area contributed by atoms with Crippen molar-refractivity contribution in [3.8, 4) is 0 Å². The van der Waals surface area contributed by atoms with Gasteiger partial charge in [0.25, 0.3) is 0 Å². The minimum Gasteiger partial charge on any atom is -0.456 e. The molecule has 0 aliphatic heterocycles. The number of rotatable bonds is 6. The zero-order chi connectivity index (χ0) is 26.3. The summed E-state index contributed by atoms with van der Waals surface area (Å²) >= 11 is 0. The molecule has 0 amide bonds. The largest absolute Gasteiger partial charge is 0.456 e. The molecular formula is C32H26N6O. The molecule has 3 heterocycles. The van der Waals surface area contributed by atoms with Gasteiger partial charge in [-0.2, -0.15) is 0 Å². The molecule has 190 valence electrons. The average molecular weight is 511 g/mol.